The molecule has 1 amide bonds. The van der Waals surface area contributed by atoms with Crippen LogP contribution in [0.1, 0.15) is 76.7 Å². The number of nitrogens with one attached hydrogen (secondary N) is 1. The van der Waals surface area contributed by atoms with Gasteiger partial charge in [0.15, 0.2) is 0 Å². The Labute approximate surface area is 192 Å². The number of rotatable bonds is 15. The monoisotopic (exact) mass is 439 g/mol. The highest BCUT2D eigenvalue weighted by Crippen LogP contribution is 2.22. The van der Waals surface area contributed by atoms with Gasteiger partial charge in [0, 0.05) is 16.7 Å². The highest BCUT2D eigenvalue weighted by Gasteiger charge is 2.00. The minimum atomic E-state index is -0.168. The summed E-state index contributed by atoms with van der Waals surface area (Å²) in [6.07, 6.45) is 16.9. The molecular weight excluding hydrogens is 402 g/mol. The highest BCUT2D eigenvalue weighted by atomic mass is 32.2. The molecule has 0 aliphatic rings. The molecule has 0 aliphatic carbocycles. The molecule has 0 unspecified atom stereocenters. The van der Waals surface area contributed by atoms with Gasteiger partial charge in [0.1, 0.15) is 5.75 Å². The number of anilines is 1. The average Bonchev–Trinajstić information content (AvgIpc) is 2.78. The number of aromatic hydroxyl groups is 1. The molecule has 0 spiro atoms. The van der Waals surface area contributed by atoms with Crippen molar-refractivity contribution in [1.82, 2.24) is 0 Å². The Morgan fingerprint density at radius 2 is 1.42 bits per heavy atom. The fraction of sp³-hybridized carbons (Fsp3) is 0.444. The van der Waals surface area contributed by atoms with Crippen LogP contribution in [0.3, 0.4) is 0 Å². The van der Waals surface area contributed by atoms with E-state index < -0.39 is 0 Å². The molecule has 31 heavy (non-hydrogen) atoms. The number of amides is 1. The number of phenols is 1. The van der Waals surface area contributed by atoms with E-state index >= 15 is 0 Å². The van der Waals surface area contributed by atoms with E-state index in [1.807, 2.05) is 23.9 Å². The third kappa shape index (κ3) is 11.7. The topological polar surface area (TPSA) is 49.3 Å². The molecule has 3 nitrogen and oxygen atoms in total. The standard InChI is InChI=1S/C27H37NO2S/c1-2-3-4-5-6-7-8-9-10-11-22-31-26-19-15-24(16-20-26)28-27(30)21-14-23-12-17-25(29)18-13-23/h12-21,29H,2-11,22H2,1H3,(H,28,30). The van der Waals surface area contributed by atoms with E-state index in [1.165, 1.54) is 75.2 Å². The Kier molecular flexibility index (Phi) is 12.6. The summed E-state index contributed by atoms with van der Waals surface area (Å²) in [6.45, 7) is 2.27. The van der Waals surface area contributed by atoms with Crippen molar-refractivity contribution in [3.8, 4) is 5.75 Å². The maximum Gasteiger partial charge on any atom is 0.248 e. The van der Waals surface area contributed by atoms with Crippen molar-refractivity contribution in [3.05, 3.63) is 60.2 Å². The Morgan fingerprint density at radius 3 is 2.03 bits per heavy atom. The normalized spacial score (nSPS) is 11.1. The molecule has 0 aromatic heterocycles. The predicted molar refractivity (Wildman–Crippen MR) is 135 cm³/mol. The smallest absolute Gasteiger partial charge is 0.248 e. The van der Waals surface area contributed by atoms with Crippen molar-refractivity contribution in [2.45, 2.75) is 76.0 Å². The van der Waals surface area contributed by atoms with Crippen LogP contribution in [0.2, 0.25) is 0 Å². The second kappa shape index (κ2) is 15.6. The van der Waals surface area contributed by atoms with Crippen LogP contribution in [0.25, 0.3) is 6.08 Å². The number of carbonyl (C=O) groups is 1. The number of thioether (sulfide) groups is 1. The number of hydrogen-bond donors (Lipinski definition) is 2. The molecule has 0 aliphatic heterocycles. The summed E-state index contributed by atoms with van der Waals surface area (Å²) in [5.41, 5.74) is 1.66. The molecule has 0 fully saturated rings. The lowest BCUT2D eigenvalue weighted by Crippen LogP contribution is -2.07. The zero-order valence-corrected chi connectivity index (χ0v) is 19.6. The van der Waals surface area contributed by atoms with Crippen molar-refractivity contribution in [2.24, 2.45) is 0 Å². The molecule has 2 N–H and O–H groups in total. The van der Waals surface area contributed by atoms with Crippen molar-refractivity contribution >= 4 is 29.4 Å². The molecule has 168 valence electrons. The van der Waals surface area contributed by atoms with Crippen molar-refractivity contribution in [2.75, 3.05) is 11.1 Å². The quantitative estimate of drug-likeness (QED) is 0.168. The zero-order chi connectivity index (χ0) is 22.2. The van der Waals surface area contributed by atoms with Gasteiger partial charge in [-0.05, 0) is 60.2 Å². The van der Waals surface area contributed by atoms with Crippen LogP contribution in [0, 0.1) is 0 Å². The van der Waals surface area contributed by atoms with Gasteiger partial charge in [-0.25, -0.2) is 0 Å². The van der Waals surface area contributed by atoms with E-state index in [9.17, 15) is 9.90 Å². The van der Waals surface area contributed by atoms with Crippen LogP contribution < -0.4 is 5.32 Å². The van der Waals surface area contributed by atoms with Gasteiger partial charge in [0.25, 0.3) is 0 Å². The van der Waals surface area contributed by atoms with Crippen molar-refractivity contribution in [1.29, 1.82) is 0 Å². The maximum absolute atomic E-state index is 12.1. The molecule has 0 radical (unpaired) electrons. The first-order chi connectivity index (χ1) is 15.2. The van der Waals surface area contributed by atoms with Crippen LogP contribution in [0.15, 0.2) is 59.5 Å². The van der Waals surface area contributed by atoms with Crippen LogP contribution in [0.5, 0.6) is 5.75 Å². The van der Waals surface area contributed by atoms with E-state index in [2.05, 4.69) is 24.4 Å². The van der Waals surface area contributed by atoms with E-state index in [1.54, 1.807) is 30.3 Å². The minimum Gasteiger partial charge on any atom is -0.508 e. The third-order valence-corrected chi connectivity index (χ3v) is 6.31. The van der Waals surface area contributed by atoms with E-state index in [0.717, 1.165) is 17.0 Å². The number of phenolic OH excluding ortho intramolecular Hbond substituents is 1. The number of carbonyl (C=O) groups excluding carboxylic acids is 1. The summed E-state index contributed by atoms with van der Waals surface area (Å²) in [5, 5.41) is 12.2. The molecule has 2 aromatic carbocycles. The summed E-state index contributed by atoms with van der Waals surface area (Å²) in [4.78, 5) is 13.3. The predicted octanol–water partition coefficient (Wildman–Crippen LogP) is 8.06. The summed E-state index contributed by atoms with van der Waals surface area (Å²) in [5.74, 6) is 1.20. The van der Waals surface area contributed by atoms with Crippen LogP contribution in [0.4, 0.5) is 5.69 Å². The Balaban J connectivity index is 1.56. The molecular formula is C27H37NO2S. The van der Waals surface area contributed by atoms with Crippen LogP contribution in [-0.4, -0.2) is 16.8 Å². The first-order valence-electron chi connectivity index (χ1n) is 11.7. The van der Waals surface area contributed by atoms with Gasteiger partial charge in [-0.1, -0.05) is 76.8 Å². The highest BCUT2D eigenvalue weighted by molar-refractivity contribution is 7.99. The number of unbranched alkanes of at least 4 members (excludes halogenated alkanes) is 9. The molecule has 0 saturated heterocycles. The lowest BCUT2D eigenvalue weighted by molar-refractivity contribution is -0.111. The fourth-order valence-corrected chi connectivity index (χ4v) is 4.27. The van der Waals surface area contributed by atoms with Gasteiger partial charge in [-0.3, -0.25) is 4.79 Å². The largest absolute Gasteiger partial charge is 0.508 e. The first-order valence-corrected chi connectivity index (χ1v) is 12.7. The average molecular weight is 440 g/mol. The second-order valence-corrected chi connectivity index (χ2v) is 9.14. The number of hydrogen-bond acceptors (Lipinski definition) is 3. The van der Waals surface area contributed by atoms with Gasteiger partial charge in [0.05, 0.1) is 0 Å². The summed E-state index contributed by atoms with van der Waals surface area (Å²) >= 11 is 1.89. The third-order valence-electron chi connectivity index (χ3n) is 5.21. The molecule has 0 heterocycles. The van der Waals surface area contributed by atoms with Gasteiger partial charge in [-0.2, -0.15) is 0 Å². The zero-order valence-electron chi connectivity index (χ0n) is 18.8. The van der Waals surface area contributed by atoms with Crippen molar-refractivity contribution < 1.29 is 9.90 Å². The summed E-state index contributed by atoms with van der Waals surface area (Å²) < 4.78 is 0. The van der Waals surface area contributed by atoms with E-state index in [4.69, 9.17) is 0 Å². The summed E-state index contributed by atoms with van der Waals surface area (Å²) in [6, 6.07) is 14.8. The second-order valence-electron chi connectivity index (χ2n) is 7.97. The van der Waals surface area contributed by atoms with E-state index in [0.29, 0.717) is 0 Å². The fourth-order valence-electron chi connectivity index (χ4n) is 3.36. The molecule has 0 atom stereocenters. The Hall–Kier alpha value is -2.20. The maximum atomic E-state index is 12.1. The van der Waals surface area contributed by atoms with Gasteiger partial charge in [-0.15, -0.1) is 11.8 Å². The van der Waals surface area contributed by atoms with Gasteiger partial charge in [0.2, 0.25) is 5.91 Å². The van der Waals surface area contributed by atoms with Gasteiger partial charge >= 0.3 is 0 Å². The summed E-state index contributed by atoms with van der Waals surface area (Å²) in [7, 11) is 0. The Morgan fingerprint density at radius 1 is 0.839 bits per heavy atom. The molecule has 2 aromatic rings. The molecule has 2 rings (SSSR count). The molecule has 0 saturated carbocycles. The van der Waals surface area contributed by atoms with E-state index in [-0.39, 0.29) is 11.7 Å². The van der Waals surface area contributed by atoms with Gasteiger partial charge < -0.3 is 10.4 Å². The molecule has 0 bridgehead atoms. The first kappa shape index (κ1) is 25.1. The lowest BCUT2D eigenvalue weighted by atomic mass is 10.1. The lowest BCUT2D eigenvalue weighted by Gasteiger charge is -2.05. The minimum absolute atomic E-state index is 0.168. The molecule has 4 heteroatoms. The van der Waals surface area contributed by atoms with Crippen molar-refractivity contribution in [3.63, 3.8) is 0 Å². The van der Waals surface area contributed by atoms with Crippen LogP contribution in [-0.2, 0) is 4.79 Å². The Bertz CT molecular complexity index is 769. The SMILES string of the molecule is CCCCCCCCCCCCSc1ccc(NC(=O)C=Cc2ccc(O)cc2)cc1. The van der Waals surface area contributed by atoms with Crippen LogP contribution >= 0.6 is 11.8 Å². The number of benzene rings is 2.